The molecule has 2 heterocycles. The SMILES string of the molecule is CCNC(=NCc1cccc(Cn2ccnc2C)c1)NCc1ncc(CC)s1.I. The van der Waals surface area contributed by atoms with Crippen LogP contribution < -0.4 is 10.6 Å². The van der Waals surface area contributed by atoms with Gasteiger partial charge in [0.1, 0.15) is 10.8 Å². The number of aromatic nitrogens is 3. The second-order valence-corrected chi connectivity index (χ2v) is 7.74. The van der Waals surface area contributed by atoms with Crippen molar-refractivity contribution in [3.63, 3.8) is 0 Å². The molecule has 6 nitrogen and oxygen atoms in total. The van der Waals surface area contributed by atoms with E-state index < -0.39 is 0 Å². The van der Waals surface area contributed by atoms with Crippen molar-refractivity contribution in [2.45, 2.75) is 46.8 Å². The van der Waals surface area contributed by atoms with Crippen LogP contribution in [0, 0.1) is 6.92 Å². The number of hydrogen-bond acceptors (Lipinski definition) is 4. The average molecular weight is 524 g/mol. The molecule has 0 aliphatic carbocycles. The van der Waals surface area contributed by atoms with Crippen molar-refractivity contribution in [2.24, 2.45) is 4.99 Å². The fourth-order valence-electron chi connectivity index (χ4n) is 2.86. The summed E-state index contributed by atoms with van der Waals surface area (Å²) in [7, 11) is 0. The molecule has 0 bridgehead atoms. The molecular weight excluding hydrogens is 495 g/mol. The number of nitrogens with zero attached hydrogens (tertiary/aromatic N) is 4. The summed E-state index contributed by atoms with van der Waals surface area (Å²) in [6, 6.07) is 8.56. The van der Waals surface area contributed by atoms with Crippen LogP contribution in [0.4, 0.5) is 0 Å². The third kappa shape index (κ3) is 7.11. The second-order valence-electron chi connectivity index (χ2n) is 6.54. The minimum atomic E-state index is 0. The number of thiazole rings is 1. The van der Waals surface area contributed by atoms with E-state index in [1.807, 2.05) is 25.5 Å². The molecule has 0 unspecified atom stereocenters. The first-order valence-electron chi connectivity index (χ1n) is 9.69. The van der Waals surface area contributed by atoms with Gasteiger partial charge in [-0.25, -0.2) is 15.0 Å². The number of nitrogens with one attached hydrogen (secondary N) is 2. The number of imidazole rings is 1. The summed E-state index contributed by atoms with van der Waals surface area (Å²) in [5.41, 5.74) is 2.44. The molecule has 156 valence electrons. The topological polar surface area (TPSA) is 67.1 Å². The van der Waals surface area contributed by atoms with E-state index >= 15 is 0 Å². The zero-order chi connectivity index (χ0) is 19.8. The number of halogens is 1. The Balaban J connectivity index is 0.00000300. The van der Waals surface area contributed by atoms with Gasteiger partial charge in [0.05, 0.1) is 13.1 Å². The third-order valence-corrected chi connectivity index (χ3v) is 5.53. The predicted octanol–water partition coefficient (Wildman–Crippen LogP) is 4.13. The molecule has 0 fully saturated rings. The standard InChI is InChI=1S/C21H28N6S.HI/c1-4-19-13-24-20(28-19)14-26-21(22-5-2)25-12-17-7-6-8-18(11-17)15-27-10-9-23-16(27)3;/h6-11,13H,4-5,12,14-15H2,1-3H3,(H2,22,25,26);1H. The van der Waals surface area contributed by atoms with E-state index in [1.54, 1.807) is 11.3 Å². The van der Waals surface area contributed by atoms with Crippen molar-refractivity contribution in [2.75, 3.05) is 6.54 Å². The van der Waals surface area contributed by atoms with E-state index in [-0.39, 0.29) is 24.0 Å². The van der Waals surface area contributed by atoms with Gasteiger partial charge in [-0.2, -0.15) is 0 Å². The molecule has 0 aliphatic rings. The number of hydrogen-bond donors (Lipinski definition) is 2. The van der Waals surface area contributed by atoms with Gasteiger partial charge in [-0.05, 0) is 31.4 Å². The summed E-state index contributed by atoms with van der Waals surface area (Å²) < 4.78 is 2.15. The average Bonchev–Trinajstić information content (AvgIpc) is 3.33. The Kier molecular flexibility index (Phi) is 9.59. The molecule has 8 heteroatoms. The van der Waals surface area contributed by atoms with Crippen LogP contribution in [-0.4, -0.2) is 27.0 Å². The highest BCUT2D eigenvalue weighted by molar-refractivity contribution is 14.0. The molecule has 3 rings (SSSR count). The first-order valence-corrected chi connectivity index (χ1v) is 10.5. The minimum Gasteiger partial charge on any atom is -0.357 e. The first kappa shape index (κ1) is 23.3. The molecule has 0 atom stereocenters. The van der Waals surface area contributed by atoms with Crippen molar-refractivity contribution >= 4 is 41.3 Å². The van der Waals surface area contributed by atoms with E-state index in [1.165, 1.54) is 16.0 Å². The van der Waals surface area contributed by atoms with Crippen LogP contribution in [0.25, 0.3) is 0 Å². The molecule has 0 aliphatic heterocycles. The molecule has 3 aromatic rings. The molecule has 0 saturated heterocycles. The number of aliphatic imine (C=N–C) groups is 1. The lowest BCUT2D eigenvalue weighted by Gasteiger charge is -2.11. The summed E-state index contributed by atoms with van der Waals surface area (Å²) in [6.45, 7) is 9.22. The van der Waals surface area contributed by atoms with E-state index in [9.17, 15) is 0 Å². The van der Waals surface area contributed by atoms with Crippen LogP contribution >= 0.6 is 35.3 Å². The molecular formula is C21H29IN6S. The molecule has 0 amide bonds. The quantitative estimate of drug-likeness (QED) is 0.264. The van der Waals surface area contributed by atoms with Crippen LogP contribution in [-0.2, 0) is 26.1 Å². The van der Waals surface area contributed by atoms with Gasteiger partial charge in [-0.15, -0.1) is 35.3 Å². The Labute approximate surface area is 193 Å². The lowest BCUT2D eigenvalue weighted by molar-refractivity contribution is 0.760. The number of aryl methyl sites for hydroxylation is 2. The maximum atomic E-state index is 4.73. The molecule has 0 radical (unpaired) electrons. The van der Waals surface area contributed by atoms with Gasteiger partial charge in [-0.3, -0.25) is 0 Å². The summed E-state index contributed by atoms with van der Waals surface area (Å²) in [6.07, 6.45) is 6.83. The third-order valence-electron chi connectivity index (χ3n) is 4.39. The van der Waals surface area contributed by atoms with Crippen molar-refractivity contribution < 1.29 is 0 Å². The van der Waals surface area contributed by atoms with Gasteiger partial charge in [0, 0.05) is 36.6 Å². The van der Waals surface area contributed by atoms with Crippen LogP contribution in [0.3, 0.4) is 0 Å². The van der Waals surface area contributed by atoms with E-state index in [2.05, 4.69) is 63.3 Å². The smallest absolute Gasteiger partial charge is 0.191 e. The summed E-state index contributed by atoms with van der Waals surface area (Å²) in [5, 5.41) is 7.77. The largest absolute Gasteiger partial charge is 0.357 e. The number of rotatable bonds is 8. The van der Waals surface area contributed by atoms with Gasteiger partial charge >= 0.3 is 0 Å². The number of benzene rings is 1. The molecule has 0 saturated carbocycles. The van der Waals surface area contributed by atoms with Gasteiger partial charge < -0.3 is 15.2 Å². The fraction of sp³-hybridized carbons (Fsp3) is 0.381. The Morgan fingerprint density at radius 1 is 1.17 bits per heavy atom. The van der Waals surface area contributed by atoms with Gasteiger partial charge in [-0.1, -0.05) is 31.2 Å². The molecule has 0 spiro atoms. The normalized spacial score (nSPS) is 11.2. The highest BCUT2D eigenvalue weighted by Gasteiger charge is 2.04. The lowest BCUT2D eigenvalue weighted by atomic mass is 10.1. The number of guanidine groups is 1. The molecule has 1 aromatic carbocycles. The van der Waals surface area contributed by atoms with E-state index in [4.69, 9.17) is 4.99 Å². The highest BCUT2D eigenvalue weighted by atomic mass is 127. The van der Waals surface area contributed by atoms with Crippen LogP contribution in [0.15, 0.2) is 47.8 Å². The zero-order valence-corrected chi connectivity index (χ0v) is 20.3. The zero-order valence-electron chi connectivity index (χ0n) is 17.2. The Hall–Kier alpha value is -1.94. The molecule has 29 heavy (non-hydrogen) atoms. The first-order chi connectivity index (χ1) is 13.7. The van der Waals surface area contributed by atoms with Crippen molar-refractivity contribution in [1.82, 2.24) is 25.2 Å². The fourth-order valence-corrected chi connectivity index (χ4v) is 3.66. The van der Waals surface area contributed by atoms with Crippen LogP contribution in [0.2, 0.25) is 0 Å². The highest BCUT2D eigenvalue weighted by Crippen LogP contribution is 2.13. The van der Waals surface area contributed by atoms with Crippen LogP contribution in [0.5, 0.6) is 0 Å². The van der Waals surface area contributed by atoms with Gasteiger partial charge in [0.2, 0.25) is 0 Å². The Morgan fingerprint density at radius 2 is 2.00 bits per heavy atom. The maximum Gasteiger partial charge on any atom is 0.191 e. The Morgan fingerprint density at radius 3 is 2.69 bits per heavy atom. The predicted molar refractivity (Wildman–Crippen MR) is 131 cm³/mol. The molecule has 2 aromatic heterocycles. The Bertz CT molecular complexity index is 917. The van der Waals surface area contributed by atoms with Crippen molar-refractivity contribution in [3.05, 3.63) is 69.7 Å². The van der Waals surface area contributed by atoms with Crippen LogP contribution in [0.1, 0.15) is 40.7 Å². The monoisotopic (exact) mass is 524 g/mol. The maximum absolute atomic E-state index is 4.73. The summed E-state index contributed by atoms with van der Waals surface area (Å²) in [5.74, 6) is 1.84. The second kappa shape index (κ2) is 11.9. The summed E-state index contributed by atoms with van der Waals surface area (Å²) in [4.78, 5) is 14.8. The van der Waals surface area contributed by atoms with Crippen molar-refractivity contribution in [3.8, 4) is 0 Å². The lowest BCUT2D eigenvalue weighted by Crippen LogP contribution is -2.36. The van der Waals surface area contributed by atoms with Gasteiger partial charge in [0.15, 0.2) is 5.96 Å². The molecule has 2 N–H and O–H groups in total. The van der Waals surface area contributed by atoms with Gasteiger partial charge in [0.25, 0.3) is 0 Å². The van der Waals surface area contributed by atoms with E-state index in [0.717, 1.165) is 36.3 Å². The summed E-state index contributed by atoms with van der Waals surface area (Å²) >= 11 is 1.75. The van der Waals surface area contributed by atoms with Crippen molar-refractivity contribution in [1.29, 1.82) is 0 Å². The van der Waals surface area contributed by atoms with E-state index in [0.29, 0.717) is 13.1 Å². The minimum absolute atomic E-state index is 0.